The van der Waals surface area contributed by atoms with Crippen LogP contribution in [0.2, 0.25) is 0 Å². The highest BCUT2D eigenvalue weighted by Crippen LogP contribution is 2.18. The van der Waals surface area contributed by atoms with Gasteiger partial charge in [-0.05, 0) is 38.5 Å². The van der Waals surface area contributed by atoms with Crippen LogP contribution in [0.15, 0.2) is 54.6 Å². The molecule has 0 aromatic heterocycles. The highest BCUT2D eigenvalue weighted by Gasteiger charge is 2.26. The number of hydrogen-bond acceptors (Lipinski definition) is 3. The van der Waals surface area contributed by atoms with Gasteiger partial charge in [0.05, 0.1) is 12.1 Å². The van der Waals surface area contributed by atoms with Crippen molar-refractivity contribution in [1.82, 2.24) is 10.2 Å². The van der Waals surface area contributed by atoms with E-state index < -0.39 is 0 Å². The average molecular weight is 351 g/mol. The van der Waals surface area contributed by atoms with Crippen molar-refractivity contribution in [3.8, 4) is 0 Å². The molecule has 0 radical (unpaired) electrons. The van der Waals surface area contributed by atoms with Crippen LogP contribution in [-0.4, -0.2) is 43.0 Å². The van der Waals surface area contributed by atoms with Crippen LogP contribution in [-0.2, 0) is 4.79 Å². The van der Waals surface area contributed by atoms with Crippen LogP contribution in [0.3, 0.4) is 0 Å². The molecule has 1 heterocycles. The van der Waals surface area contributed by atoms with Crippen molar-refractivity contribution >= 4 is 11.6 Å². The molecular formula is C22H29N3O. The predicted octanol–water partition coefficient (Wildman–Crippen LogP) is 3.38. The number of aryl methyl sites for hydroxylation is 1. The summed E-state index contributed by atoms with van der Waals surface area (Å²) < 4.78 is 0. The maximum atomic E-state index is 12.6. The second kappa shape index (κ2) is 8.37. The molecule has 0 saturated carbocycles. The normalized spacial score (nSPS) is 17.6. The van der Waals surface area contributed by atoms with Gasteiger partial charge >= 0.3 is 0 Å². The first-order chi connectivity index (χ1) is 12.5. The van der Waals surface area contributed by atoms with Gasteiger partial charge < -0.3 is 10.2 Å². The van der Waals surface area contributed by atoms with Crippen molar-refractivity contribution in [3.05, 3.63) is 65.7 Å². The molecule has 1 amide bonds. The molecule has 138 valence electrons. The summed E-state index contributed by atoms with van der Waals surface area (Å²) in [5.74, 6) is 0.102. The Hall–Kier alpha value is -2.33. The van der Waals surface area contributed by atoms with Gasteiger partial charge in [-0.25, -0.2) is 0 Å². The molecule has 0 spiro atoms. The van der Waals surface area contributed by atoms with E-state index in [0.717, 1.165) is 31.7 Å². The van der Waals surface area contributed by atoms with Gasteiger partial charge in [0.25, 0.3) is 0 Å². The fourth-order valence-corrected chi connectivity index (χ4v) is 3.45. The first-order valence-corrected chi connectivity index (χ1v) is 9.45. The Morgan fingerprint density at radius 1 is 0.923 bits per heavy atom. The van der Waals surface area contributed by atoms with E-state index in [2.05, 4.69) is 58.4 Å². The number of benzene rings is 2. The number of carbonyl (C=O) groups is 1. The lowest BCUT2D eigenvalue weighted by molar-refractivity contribution is -0.126. The van der Waals surface area contributed by atoms with Crippen LogP contribution in [0.5, 0.6) is 0 Å². The van der Waals surface area contributed by atoms with E-state index in [1.54, 1.807) is 0 Å². The van der Waals surface area contributed by atoms with Crippen LogP contribution in [0, 0.1) is 6.92 Å². The van der Waals surface area contributed by atoms with Crippen molar-refractivity contribution in [2.75, 3.05) is 31.1 Å². The highest BCUT2D eigenvalue weighted by atomic mass is 16.2. The van der Waals surface area contributed by atoms with E-state index in [-0.39, 0.29) is 18.0 Å². The standard InChI is InChI=1S/C22H29N3O/c1-17-9-11-21(12-10-17)25-15-13-24(14-16-25)19(3)22(26)23-18(2)20-7-5-4-6-8-20/h4-12,18-19H,13-16H2,1-3H3,(H,23,26)/t18-,19+/m1/s1. The van der Waals surface area contributed by atoms with Crippen molar-refractivity contribution in [2.45, 2.75) is 32.9 Å². The van der Waals surface area contributed by atoms with Gasteiger partial charge in [-0.3, -0.25) is 9.69 Å². The van der Waals surface area contributed by atoms with Crippen LogP contribution < -0.4 is 10.2 Å². The summed E-state index contributed by atoms with van der Waals surface area (Å²) in [4.78, 5) is 17.3. The molecule has 1 N–H and O–H groups in total. The quantitative estimate of drug-likeness (QED) is 0.897. The summed E-state index contributed by atoms with van der Waals surface area (Å²) in [6, 6.07) is 18.7. The summed E-state index contributed by atoms with van der Waals surface area (Å²) >= 11 is 0. The van der Waals surface area contributed by atoms with E-state index in [0.29, 0.717) is 0 Å². The van der Waals surface area contributed by atoms with E-state index in [9.17, 15) is 4.79 Å². The number of nitrogens with zero attached hydrogens (tertiary/aromatic N) is 2. The van der Waals surface area contributed by atoms with E-state index in [4.69, 9.17) is 0 Å². The molecule has 0 aliphatic carbocycles. The molecular weight excluding hydrogens is 322 g/mol. The minimum Gasteiger partial charge on any atom is -0.369 e. The number of anilines is 1. The molecule has 4 nitrogen and oxygen atoms in total. The number of nitrogens with one attached hydrogen (secondary N) is 1. The van der Waals surface area contributed by atoms with E-state index in [1.807, 2.05) is 32.0 Å². The lowest BCUT2D eigenvalue weighted by atomic mass is 10.1. The minimum absolute atomic E-state index is 0.0278. The minimum atomic E-state index is -0.110. The Balaban J connectivity index is 1.52. The summed E-state index contributed by atoms with van der Waals surface area (Å²) in [5.41, 5.74) is 3.69. The maximum Gasteiger partial charge on any atom is 0.237 e. The molecule has 0 bridgehead atoms. The summed E-state index contributed by atoms with van der Waals surface area (Å²) in [7, 11) is 0. The van der Waals surface area contributed by atoms with Crippen molar-refractivity contribution < 1.29 is 4.79 Å². The predicted molar refractivity (Wildman–Crippen MR) is 107 cm³/mol. The molecule has 26 heavy (non-hydrogen) atoms. The fourth-order valence-electron chi connectivity index (χ4n) is 3.45. The zero-order valence-electron chi connectivity index (χ0n) is 16.0. The summed E-state index contributed by atoms with van der Waals surface area (Å²) in [6.45, 7) is 9.87. The van der Waals surface area contributed by atoms with Crippen LogP contribution >= 0.6 is 0 Å². The third kappa shape index (κ3) is 4.44. The zero-order valence-corrected chi connectivity index (χ0v) is 16.0. The van der Waals surface area contributed by atoms with Crippen LogP contribution in [0.25, 0.3) is 0 Å². The molecule has 2 aromatic carbocycles. The average Bonchev–Trinajstić information content (AvgIpc) is 2.69. The largest absolute Gasteiger partial charge is 0.369 e. The monoisotopic (exact) mass is 351 g/mol. The Morgan fingerprint density at radius 2 is 1.54 bits per heavy atom. The van der Waals surface area contributed by atoms with E-state index >= 15 is 0 Å². The molecule has 1 fully saturated rings. The smallest absolute Gasteiger partial charge is 0.237 e. The maximum absolute atomic E-state index is 12.6. The van der Waals surface area contributed by atoms with Gasteiger partial charge in [-0.15, -0.1) is 0 Å². The molecule has 4 heteroatoms. The lowest BCUT2D eigenvalue weighted by Gasteiger charge is -2.38. The second-order valence-corrected chi connectivity index (χ2v) is 7.18. The number of hydrogen-bond donors (Lipinski definition) is 1. The van der Waals surface area contributed by atoms with Crippen LogP contribution in [0.1, 0.15) is 31.0 Å². The molecule has 1 saturated heterocycles. The SMILES string of the molecule is Cc1ccc(N2CCN([C@@H](C)C(=O)N[C@H](C)c3ccccc3)CC2)cc1. The summed E-state index contributed by atoms with van der Waals surface area (Å²) in [5, 5.41) is 3.15. The Kier molecular flexibility index (Phi) is 5.94. The molecule has 1 aliphatic rings. The third-order valence-corrected chi connectivity index (χ3v) is 5.30. The zero-order chi connectivity index (χ0) is 18.5. The van der Waals surface area contributed by atoms with Gasteiger partial charge in [0.1, 0.15) is 0 Å². The third-order valence-electron chi connectivity index (χ3n) is 5.30. The Bertz CT molecular complexity index is 706. The molecule has 3 rings (SSSR count). The highest BCUT2D eigenvalue weighted by molar-refractivity contribution is 5.81. The Morgan fingerprint density at radius 3 is 2.15 bits per heavy atom. The fraction of sp³-hybridized carbons (Fsp3) is 0.409. The van der Waals surface area contributed by atoms with Gasteiger partial charge in [-0.1, -0.05) is 48.0 Å². The van der Waals surface area contributed by atoms with Gasteiger partial charge in [-0.2, -0.15) is 0 Å². The first-order valence-electron chi connectivity index (χ1n) is 9.45. The van der Waals surface area contributed by atoms with Gasteiger partial charge in [0.2, 0.25) is 5.91 Å². The van der Waals surface area contributed by atoms with Crippen molar-refractivity contribution in [3.63, 3.8) is 0 Å². The van der Waals surface area contributed by atoms with E-state index in [1.165, 1.54) is 11.3 Å². The van der Waals surface area contributed by atoms with Crippen LogP contribution in [0.4, 0.5) is 5.69 Å². The van der Waals surface area contributed by atoms with Crippen molar-refractivity contribution in [1.29, 1.82) is 0 Å². The topological polar surface area (TPSA) is 35.6 Å². The van der Waals surface area contributed by atoms with Gasteiger partial charge in [0.15, 0.2) is 0 Å². The van der Waals surface area contributed by atoms with Crippen molar-refractivity contribution in [2.24, 2.45) is 0 Å². The molecule has 0 unspecified atom stereocenters. The number of rotatable bonds is 5. The summed E-state index contributed by atoms with van der Waals surface area (Å²) in [6.07, 6.45) is 0. The lowest BCUT2D eigenvalue weighted by Crippen LogP contribution is -2.54. The second-order valence-electron chi connectivity index (χ2n) is 7.18. The van der Waals surface area contributed by atoms with Gasteiger partial charge in [0, 0.05) is 31.9 Å². The number of carbonyl (C=O) groups excluding carboxylic acids is 1. The molecule has 2 aromatic rings. The molecule has 1 aliphatic heterocycles. The Labute approximate surface area is 156 Å². The molecule has 2 atom stereocenters. The first kappa shape index (κ1) is 18.5. The number of piperazine rings is 1. The number of amides is 1.